The molecule has 1 aliphatic rings. The number of amides is 1. The van der Waals surface area contributed by atoms with Crippen molar-refractivity contribution in [2.75, 3.05) is 11.9 Å². The number of sulfonamides is 1. The molecule has 0 aromatic heterocycles. The van der Waals surface area contributed by atoms with Crippen molar-refractivity contribution in [3.63, 3.8) is 0 Å². The lowest BCUT2D eigenvalue weighted by Gasteiger charge is -2.30. The fourth-order valence-electron chi connectivity index (χ4n) is 2.43. The third-order valence-electron chi connectivity index (χ3n) is 3.63. The molecular weight excluding hydrogens is 309 g/mol. The predicted molar refractivity (Wildman–Crippen MR) is 81.5 cm³/mol. The van der Waals surface area contributed by atoms with Gasteiger partial charge in [0.1, 0.15) is 5.82 Å². The van der Waals surface area contributed by atoms with E-state index in [9.17, 15) is 17.6 Å². The van der Waals surface area contributed by atoms with E-state index in [-0.39, 0.29) is 22.7 Å². The van der Waals surface area contributed by atoms with Crippen LogP contribution >= 0.6 is 0 Å². The van der Waals surface area contributed by atoms with Crippen LogP contribution in [0.2, 0.25) is 0 Å². The number of benzene rings is 1. The fourth-order valence-corrected chi connectivity index (χ4v) is 3.81. The van der Waals surface area contributed by atoms with E-state index in [1.54, 1.807) is 0 Å². The largest absolute Gasteiger partial charge is 0.324 e. The number of hydrogen-bond acceptors (Lipinski definition) is 4. The molecule has 3 N–H and O–H groups in total. The number of rotatable bonds is 4. The molecule has 2 atom stereocenters. The van der Waals surface area contributed by atoms with Crippen LogP contribution < -0.4 is 15.4 Å². The molecule has 1 amide bonds. The van der Waals surface area contributed by atoms with Crippen molar-refractivity contribution >= 4 is 21.6 Å². The standard InChI is InChI=1S/C14H20FN3O3S/c1-9-13(4-3-7-16-9)18-22(20,21)11-5-6-12(15)14(8-11)17-10(2)19/h5-6,8-9,13,16,18H,3-4,7H2,1-2H3,(H,17,19). The van der Waals surface area contributed by atoms with E-state index < -0.39 is 21.7 Å². The van der Waals surface area contributed by atoms with Gasteiger partial charge in [-0.1, -0.05) is 0 Å². The molecule has 1 aromatic carbocycles. The van der Waals surface area contributed by atoms with Crippen molar-refractivity contribution in [1.29, 1.82) is 0 Å². The lowest BCUT2D eigenvalue weighted by molar-refractivity contribution is -0.114. The van der Waals surface area contributed by atoms with E-state index in [1.807, 2.05) is 6.92 Å². The van der Waals surface area contributed by atoms with Gasteiger partial charge in [0.2, 0.25) is 15.9 Å². The number of anilines is 1. The zero-order valence-corrected chi connectivity index (χ0v) is 13.3. The second kappa shape index (κ2) is 6.72. The van der Waals surface area contributed by atoms with Crippen molar-refractivity contribution in [3.05, 3.63) is 24.0 Å². The molecule has 8 heteroatoms. The zero-order valence-electron chi connectivity index (χ0n) is 12.5. The highest BCUT2D eigenvalue weighted by molar-refractivity contribution is 7.89. The normalized spacial score (nSPS) is 22.3. The predicted octanol–water partition coefficient (Wildman–Crippen LogP) is 1.20. The van der Waals surface area contributed by atoms with Gasteiger partial charge in [-0.15, -0.1) is 0 Å². The van der Waals surface area contributed by atoms with E-state index in [4.69, 9.17) is 0 Å². The zero-order chi connectivity index (χ0) is 16.3. The highest BCUT2D eigenvalue weighted by Gasteiger charge is 2.27. The molecule has 6 nitrogen and oxygen atoms in total. The van der Waals surface area contributed by atoms with Crippen LogP contribution in [0.3, 0.4) is 0 Å². The molecule has 1 saturated heterocycles. The van der Waals surface area contributed by atoms with Crippen molar-refractivity contribution in [2.24, 2.45) is 0 Å². The molecule has 1 fully saturated rings. The van der Waals surface area contributed by atoms with Crippen LogP contribution in [0.5, 0.6) is 0 Å². The molecular formula is C14H20FN3O3S. The van der Waals surface area contributed by atoms with Crippen LogP contribution in [0.25, 0.3) is 0 Å². The summed E-state index contributed by atoms with van der Waals surface area (Å²) in [4.78, 5) is 11.0. The minimum atomic E-state index is -3.78. The summed E-state index contributed by atoms with van der Waals surface area (Å²) in [6.07, 6.45) is 1.63. The molecule has 0 bridgehead atoms. The first kappa shape index (κ1) is 16.9. The summed E-state index contributed by atoms with van der Waals surface area (Å²) in [5, 5.41) is 5.49. The van der Waals surface area contributed by atoms with Crippen molar-refractivity contribution in [1.82, 2.24) is 10.0 Å². The van der Waals surface area contributed by atoms with Crippen LogP contribution in [0, 0.1) is 5.82 Å². The summed E-state index contributed by atoms with van der Waals surface area (Å²) in [6.45, 7) is 4.01. The maximum absolute atomic E-state index is 13.6. The third-order valence-corrected chi connectivity index (χ3v) is 5.11. The average Bonchev–Trinajstić information content (AvgIpc) is 2.43. The van der Waals surface area contributed by atoms with Gasteiger partial charge in [-0.25, -0.2) is 17.5 Å². The van der Waals surface area contributed by atoms with Gasteiger partial charge in [-0.2, -0.15) is 0 Å². The third kappa shape index (κ3) is 4.02. The summed E-state index contributed by atoms with van der Waals surface area (Å²) >= 11 is 0. The summed E-state index contributed by atoms with van der Waals surface area (Å²) in [6, 6.07) is 3.15. The van der Waals surface area contributed by atoms with Crippen LogP contribution in [-0.2, 0) is 14.8 Å². The number of halogens is 1. The Kier molecular flexibility index (Phi) is 5.15. The maximum atomic E-state index is 13.6. The van der Waals surface area contributed by atoms with E-state index in [0.717, 1.165) is 31.5 Å². The van der Waals surface area contributed by atoms with E-state index in [1.165, 1.54) is 13.0 Å². The van der Waals surface area contributed by atoms with Crippen molar-refractivity contribution < 1.29 is 17.6 Å². The molecule has 0 saturated carbocycles. The fraction of sp³-hybridized carbons (Fsp3) is 0.500. The van der Waals surface area contributed by atoms with Gasteiger partial charge >= 0.3 is 0 Å². The first-order valence-electron chi connectivity index (χ1n) is 7.12. The monoisotopic (exact) mass is 329 g/mol. The summed E-state index contributed by atoms with van der Waals surface area (Å²) in [5.74, 6) is -1.15. The van der Waals surface area contributed by atoms with Gasteiger partial charge in [-0.3, -0.25) is 4.79 Å². The van der Waals surface area contributed by atoms with Crippen LogP contribution in [0.1, 0.15) is 26.7 Å². The lowest BCUT2D eigenvalue weighted by atomic mass is 10.0. The Labute approximate surface area is 129 Å². The quantitative estimate of drug-likeness (QED) is 0.775. The molecule has 2 unspecified atom stereocenters. The molecule has 0 aliphatic carbocycles. The first-order valence-corrected chi connectivity index (χ1v) is 8.61. The smallest absolute Gasteiger partial charge is 0.240 e. The summed E-state index contributed by atoms with van der Waals surface area (Å²) in [7, 11) is -3.78. The number of piperidine rings is 1. The van der Waals surface area contributed by atoms with Crippen LogP contribution in [0.15, 0.2) is 23.1 Å². The van der Waals surface area contributed by atoms with Crippen LogP contribution in [-0.4, -0.2) is 33.0 Å². The minimum absolute atomic E-state index is 0.0267. The first-order chi connectivity index (χ1) is 10.3. The highest BCUT2D eigenvalue weighted by atomic mass is 32.2. The Morgan fingerprint density at radius 2 is 2.14 bits per heavy atom. The number of carbonyl (C=O) groups excluding carboxylic acids is 1. The Bertz CT molecular complexity index is 663. The Hall–Kier alpha value is -1.51. The molecule has 122 valence electrons. The molecule has 0 spiro atoms. The molecule has 22 heavy (non-hydrogen) atoms. The summed E-state index contributed by atoms with van der Waals surface area (Å²) in [5.41, 5.74) is -0.148. The Morgan fingerprint density at radius 3 is 2.77 bits per heavy atom. The number of nitrogens with one attached hydrogen (secondary N) is 3. The van der Waals surface area contributed by atoms with E-state index in [2.05, 4.69) is 15.4 Å². The van der Waals surface area contributed by atoms with E-state index >= 15 is 0 Å². The second-order valence-electron chi connectivity index (χ2n) is 5.44. The average molecular weight is 329 g/mol. The molecule has 2 rings (SSSR count). The molecule has 1 aliphatic heterocycles. The molecule has 1 aromatic rings. The van der Waals surface area contributed by atoms with Gasteiger partial charge in [0.25, 0.3) is 0 Å². The van der Waals surface area contributed by atoms with Gasteiger partial charge in [0, 0.05) is 19.0 Å². The Balaban J connectivity index is 2.23. The molecule has 1 heterocycles. The number of carbonyl (C=O) groups is 1. The maximum Gasteiger partial charge on any atom is 0.240 e. The SMILES string of the molecule is CC(=O)Nc1cc(S(=O)(=O)NC2CCCNC2C)ccc1F. The van der Waals surface area contributed by atoms with Crippen molar-refractivity contribution in [3.8, 4) is 0 Å². The van der Waals surface area contributed by atoms with Gasteiger partial charge in [0.15, 0.2) is 0 Å². The van der Waals surface area contributed by atoms with Crippen LogP contribution in [0.4, 0.5) is 10.1 Å². The summed E-state index contributed by atoms with van der Waals surface area (Å²) < 4.78 is 41.1. The topological polar surface area (TPSA) is 87.3 Å². The second-order valence-corrected chi connectivity index (χ2v) is 7.15. The van der Waals surface area contributed by atoms with Crippen molar-refractivity contribution in [2.45, 2.75) is 43.7 Å². The highest BCUT2D eigenvalue weighted by Crippen LogP contribution is 2.21. The van der Waals surface area contributed by atoms with Gasteiger partial charge in [0.05, 0.1) is 10.6 Å². The number of hydrogen-bond donors (Lipinski definition) is 3. The Morgan fingerprint density at radius 1 is 1.41 bits per heavy atom. The van der Waals surface area contributed by atoms with E-state index in [0.29, 0.717) is 0 Å². The lowest BCUT2D eigenvalue weighted by Crippen LogP contribution is -2.51. The van der Waals surface area contributed by atoms with Gasteiger partial charge < -0.3 is 10.6 Å². The molecule has 0 radical (unpaired) electrons. The minimum Gasteiger partial charge on any atom is -0.324 e. The van der Waals surface area contributed by atoms with Gasteiger partial charge in [-0.05, 0) is 44.5 Å².